The molecule has 0 bridgehead atoms. The Labute approximate surface area is 110 Å². The molecule has 0 radical (unpaired) electrons. The van der Waals surface area contributed by atoms with Gasteiger partial charge in [-0.2, -0.15) is 0 Å². The van der Waals surface area contributed by atoms with Crippen LogP contribution in [-0.2, 0) is 9.53 Å². The summed E-state index contributed by atoms with van der Waals surface area (Å²) in [5.41, 5.74) is 0.452. The SMILES string of the molecule is CCCCCCCCC/C=C1/C(=O)OC(C)C1O. The Morgan fingerprint density at radius 1 is 1.17 bits per heavy atom. The van der Waals surface area contributed by atoms with Gasteiger partial charge in [0, 0.05) is 0 Å². The number of hydrogen-bond donors (Lipinski definition) is 1. The summed E-state index contributed by atoms with van der Waals surface area (Å²) in [5, 5.41) is 9.71. The van der Waals surface area contributed by atoms with Crippen molar-refractivity contribution in [2.75, 3.05) is 0 Å². The molecule has 1 aliphatic rings. The van der Waals surface area contributed by atoms with Crippen molar-refractivity contribution in [3.8, 4) is 0 Å². The molecule has 2 atom stereocenters. The number of aliphatic hydroxyl groups is 1. The van der Waals surface area contributed by atoms with Crippen molar-refractivity contribution in [2.24, 2.45) is 0 Å². The second-order valence-corrected chi connectivity index (χ2v) is 5.12. The van der Waals surface area contributed by atoms with Crippen LogP contribution in [0.5, 0.6) is 0 Å². The first-order valence-electron chi connectivity index (χ1n) is 7.26. The Bertz CT molecular complexity index is 283. The number of aliphatic hydroxyl groups excluding tert-OH is 1. The Morgan fingerprint density at radius 2 is 1.78 bits per heavy atom. The lowest BCUT2D eigenvalue weighted by Crippen LogP contribution is -2.17. The first-order valence-corrected chi connectivity index (χ1v) is 7.26. The highest BCUT2D eigenvalue weighted by molar-refractivity contribution is 5.92. The minimum absolute atomic E-state index is 0.349. The molecule has 3 heteroatoms. The summed E-state index contributed by atoms with van der Waals surface area (Å²) < 4.78 is 4.95. The van der Waals surface area contributed by atoms with Gasteiger partial charge in [-0.25, -0.2) is 4.79 Å². The molecule has 0 saturated carbocycles. The van der Waals surface area contributed by atoms with E-state index >= 15 is 0 Å². The first kappa shape index (κ1) is 15.2. The van der Waals surface area contributed by atoms with Crippen molar-refractivity contribution in [3.63, 3.8) is 0 Å². The third-order valence-electron chi connectivity index (χ3n) is 3.46. The fourth-order valence-corrected chi connectivity index (χ4v) is 2.24. The van der Waals surface area contributed by atoms with Crippen LogP contribution in [0.15, 0.2) is 11.6 Å². The van der Waals surface area contributed by atoms with Crippen LogP contribution in [0.25, 0.3) is 0 Å². The minimum Gasteiger partial charge on any atom is -0.456 e. The fourth-order valence-electron chi connectivity index (χ4n) is 2.24. The van der Waals surface area contributed by atoms with Crippen LogP contribution in [0.4, 0.5) is 0 Å². The van der Waals surface area contributed by atoms with E-state index in [9.17, 15) is 9.90 Å². The maximum atomic E-state index is 11.4. The number of cyclic esters (lactones) is 1. The Morgan fingerprint density at radius 3 is 2.33 bits per heavy atom. The highest BCUT2D eigenvalue weighted by Gasteiger charge is 2.34. The van der Waals surface area contributed by atoms with Crippen LogP contribution >= 0.6 is 0 Å². The molecule has 1 aliphatic heterocycles. The van der Waals surface area contributed by atoms with E-state index in [4.69, 9.17) is 4.74 Å². The monoisotopic (exact) mass is 254 g/mol. The van der Waals surface area contributed by atoms with Gasteiger partial charge in [-0.15, -0.1) is 0 Å². The topological polar surface area (TPSA) is 46.5 Å². The average Bonchev–Trinajstić information content (AvgIpc) is 2.58. The van der Waals surface area contributed by atoms with Gasteiger partial charge in [0.05, 0.1) is 5.57 Å². The fraction of sp³-hybridized carbons (Fsp3) is 0.800. The van der Waals surface area contributed by atoms with Crippen molar-refractivity contribution in [3.05, 3.63) is 11.6 Å². The van der Waals surface area contributed by atoms with Crippen molar-refractivity contribution in [2.45, 2.75) is 77.4 Å². The van der Waals surface area contributed by atoms with Crippen molar-refractivity contribution < 1.29 is 14.6 Å². The molecule has 0 spiro atoms. The molecule has 0 aromatic carbocycles. The molecule has 0 amide bonds. The van der Waals surface area contributed by atoms with Gasteiger partial charge in [0.25, 0.3) is 0 Å². The van der Waals surface area contributed by atoms with Crippen LogP contribution in [0.2, 0.25) is 0 Å². The molecule has 1 heterocycles. The molecule has 0 aromatic rings. The quantitative estimate of drug-likeness (QED) is 0.410. The maximum absolute atomic E-state index is 11.4. The Kier molecular flexibility index (Phi) is 7.02. The van der Waals surface area contributed by atoms with E-state index in [1.54, 1.807) is 6.92 Å². The van der Waals surface area contributed by atoms with Crippen LogP contribution in [0, 0.1) is 0 Å². The van der Waals surface area contributed by atoms with E-state index < -0.39 is 12.2 Å². The van der Waals surface area contributed by atoms with E-state index in [0.717, 1.165) is 12.8 Å². The molecular weight excluding hydrogens is 228 g/mol. The van der Waals surface area contributed by atoms with E-state index in [0.29, 0.717) is 5.57 Å². The van der Waals surface area contributed by atoms with Gasteiger partial charge >= 0.3 is 5.97 Å². The number of rotatable bonds is 8. The second kappa shape index (κ2) is 8.30. The van der Waals surface area contributed by atoms with Gasteiger partial charge in [-0.3, -0.25) is 0 Å². The van der Waals surface area contributed by atoms with E-state index in [2.05, 4.69) is 6.92 Å². The Hall–Kier alpha value is -0.830. The molecule has 3 nitrogen and oxygen atoms in total. The number of esters is 1. The molecule has 0 aliphatic carbocycles. The van der Waals surface area contributed by atoms with Gasteiger partial charge in [-0.05, 0) is 19.8 Å². The van der Waals surface area contributed by atoms with Crippen molar-refractivity contribution in [1.82, 2.24) is 0 Å². The standard InChI is InChI=1S/C15H26O3/c1-3-4-5-6-7-8-9-10-11-13-14(16)12(2)18-15(13)17/h11-12,14,16H,3-10H2,1-2H3/b13-11+. The number of allylic oxidation sites excluding steroid dienone is 1. The number of carbonyl (C=O) groups excluding carboxylic acids is 1. The largest absolute Gasteiger partial charge is 0.456 e. The summed E-state index contributed by atoms with van der Waals surface area (Å²) in [6, 6.07) is 0. The summed E-state index contributed by atoms with van der Waals surface area (Å²) in [6.07, 6.45) is 10.4. The molecule has 2 unspecified atom stereocenters. The lowest BCUT2D eigenvalue weighted by molar-refractivity contribution is -0.138. The van der Waals surface area contributed by atoms with Crippen molar-refractivity contribution >= 4 is 5.97 Å². The number of carbonyl (C=O) groups is 1. The van der Waals surface area contributed by atoms with E-state index in [1.165, 1.54) is 38.5 Å². The normalized spacial score (nSPS) is 25.7. The summed E-state index contributed by atoms with van der Waals surface area (Å²) in [4.78, 5) is 11.4. The van der Waals surface area contributed by atoms with Gasteiger partial charge in [-0.1, -0.05) is 51.5 Å². The second-order valence-electron chi connectivity index (χ2n) is 5.12. The van der Waals surface area contributed by atoms with Gasteiger partial charge in [0.2, 0.25) is 0 Å². The van der Waals surface area contributed by atoms with Crippen LogP contribution in [-0.4, -0.2) is 23.3 Å². The molecular formula is C15H26O3. The predicted molar refractivity (Wildman–Crippen MR) is 72.3 cm³/mol. The molecule has 0 aromatic heterocycles. The molecule has 1 fully saturated rings. The molecule has 1 rings (SSSR count). The molecule has 18 heavy (non-hydrogen) atoms. The summed E-state index contributed by atoms with van der Waals surface area (Å²) in [6.45, 7) is 3.94. The molecule has 1 N–H and O–H groups in total. The zero-order valence-corrected chi connectivity index (χ0v) is 11.7. The van der Waals surface area contributed by atoms with Crippen LogP contribution in [0.1, 0.15) is 65.2 Å². The van der Waals surface area contributed by atoms with E-state index in [-0.39, 0.29) is 5.97 Å². The number of hydrogen-bond acceptors (Lipinski definition) is 3. The van der Waals surface area contributed by atoms with E-state index in [1.807, 2.05) is 6.08 Å². The number of unbranched alkanes of at least 4 members (excludes halogenated alkanes) is 7. The zero-order chi connectivity index (χ0) is 13.4. The van der Waals surface area contributed by atoms with Gasteiger partial charge in [0.1, 0.15) is 12.2 Å². The molecule has 104 valence electrons. The lowest BCUT2D eigenvalue weighted by Gasteiger charge is -2.04. The predicted octanol–water partition coefficient (Wildman–Crippen LogP) is 3.36. The van der Waals surface area contributed by atoms with Gasteiger partial charge < -0.3 is 9.84 Å². The molecule has 1 saturated heterocycles. The highest BCUT2D eigenvalue weighted by atomic mass is 16.6. The summed E-state index contributed by atoms with van der Waals surface area (Å²) in [7, 11) is 0. The van der Waals surface area contributed by atoms with Crippen molar-refractivity contribution in [1.29, 1.82) is 0 Å². The third-order valence-corrected chi connectivity index (χ3v) is 3.46. The lowest BCUT2D eigenvalue weighted by atomic mass is 10.0. The average molecular weight is 254 g/mol. The Balaban J connectivity index is 2.11. The first-order chi connectivity index (χ1) is 8.66. The highest BCUT2D eigenvalue weighted by Crippen LogP contribution is 2.21. The number of ether oxygens (including phenoxy) is 1. The minimum atomic E-state index is -0.734. The zero-order valence-electron chi connectivity index (χ0n) is 11.7. The summed E-state index contributed by atoms with van der Waals surface area (Å²) >= 11 is 0. The van der Waals surface area contributed by atoms with Gasteiger partial charge in [0.15, 0.2) is 0 Å². The van der Waals surface area contributed by atoms with Crippen LogP contribution < -0.4 is 0 Å². The maximum Gasteiger partial charge on any atom is 0.336 e. The van der Waals surface area contributed by atoms with Crippen LogP contribution in [0.3, 0.4) is 0 Å². The summed E-state index contributed by atoms with van der Waals surface area (Å²) in [5.74, 6) is -0.349. The smallest absolute Gasteiger partial charge is 0.336 e. The third kappa shape index (κ3) is 4.81.